The number of rotatable bonds is 14. The minimum atomic E-state index is -3.08. The summed E-state index contributed by atoms with van der Waals surface area (Å²) in [7, 11) is 0. The number of hydrogen-bond donors (Lipinski definition) is 9. The van der Waals surface area contributed by atoms with E-state index < -0.39 is 129 Å². The van der Waals surface area contributed by atoms with Crippen LogP contribution in [0.25, 0.3) is 0 Å². The summed E-state index contributed by atoms with van der Waals surface area (Å²) >= 11 is 0. The number of aliphatic carboxylic acids is 2. The summed E-state index contributed by atoms with van der Waals surface area (Å²) in [6.45, 7) is -0.131. The monoisotopic (exact) mass is 717 g/mol. The summed E-state index contributed by atoms with van der Waals surface area (Å²) in [5, 5.41) is 109. The van der Waals surface area contributed by atoms with Crippen LogP contribution in [-0.4, -0.2) is 176 Å². The van der Waals surface area contributed by atoms with Crippen LogP contribution in [0.2, 0.25) is 0 Å². The maximum Gasteiger partial charge on any atom is 1.00 e. The van der Waals surface area contributed by atoms with Gasteiger partial charge in [-0.15, -0.1) is 0 Å². The van der Waals surface area contributed by atoms with Crippen molar-refractivity contribution < 1.29 is 153 Å². The number of carboxylic acids is 2. The van der Waals surface area contributed by atoms with Gasteiger partial charge < -0.3 is 94.4 Å². The van der Waals surface area contributed by atoms with Crippen LogP contribution in [0, 0.1) is 0 Å². The third-order valence-electron chi connectivity index (χ3n) is 7.97. The molecule has 0 spiro atoms. The Morgan fingerprint density at radius 3 is 2.21 bits per heavy atom. The van der Waals surface area contributed by atoms with Gasteiger partial charge >= 0.3 is 59.1 Å². The van der Waals surface area contributed by atoms with E-state index in [2.05, 4.69) is 5.32 Å². The van der Waals surface area contributed by atoms with Crippen molar-refractivity contribution in [2.24, 2.45) is 0 Å². The number of nitrogens with one attached hydrogen (secondary N) is 1. The second-order valence-corrected chi connectivity index (χ2v) is 11.3. The summed E-state index contributed by atoms with van der Waals surface area (Å²) in [6.07, 6.45) is -23.5. The Labute approximate surface area is 318 Å². The van der Waals surface area contributed by atoms with Crippen molar-refractivity contribution in [3.63, 3.8) is 0 Å². The summed E-state index contributed by atoms with van der Waals surface area (Å²) in [6, 6.07) is -1.54. The Morgan fingerprint density at radius 2 is 1.67 bits per heavy atom. The van der Waals surface area contributed by atoms with E-state index in [0.29, 0.717) is 0 Å². The number of aliphatic hydroxyl groups is 8. The Morgan fingerprint density at radius 1 is 1.02 bits per heavy atom. The van der Waals surface area contributed by atoms with Crippen molar-refractivity contribution in [1.29, 1.82) is 0 Å². The fourth-order valence-electron chi connectivity index (χ4n) is 5.38. The Bertz CT molecular complexity index is 1050. The normalized spacial score (nSPS) is 38.8. The first kappa shape index (κ1) is 45.9. The smallest absolute Gasteiger partial charge is 0.547 e. The van der Waals surface area contributed by atoms with E-state index in [-0.39, 0.29) is 78.7 Å². The van der Waals surface area contributed by atoms with Crippen molar-refractivity contribution in [1.82, 2.24) is 5.32 Å². The van der Waals surface area contributed by atoms with Gasteiger partial charge in [-0.2, -0.15) is 0 Å². The Balaban J connectivity index is 0.00000576. The van der Waals surface area contributed by atoms with Gasteiger partial charge in [-0.1, -0.05) is 0 Å². The van der Waals surface area contributed by atoms with E-state index in [1.807, 2.05) is 0 Å². The molecule has 3 aliphatic heterocycles. The van der Waals surface area contributed by atoms with Crippen LogP contribution < -0.4 is 74.6 Å². The zero-order valence-electron chi connectivity index (χ0n) is 26.9. The van der Waals surface area contributed by atoms with Gasteiger partial charge in [0.1, 0.15) is 60.9 Å². The predicted molar refractivity (Wildman–Crippen MR) is 138 cm³/mol. The molecule has 0 radical (unpaired) electrons. The minimum Gasteiger partial charge on any atom is -0.547 e. The minimum absolute atomic E-state index is 0. The van der Waals surface area contributed by atoms with E-state index in [4.69, 9.17) is 28.4 Å². The largest absolute Gasteiger partial charge is 1.00 e. The SMILES string of the molecule is CC(=O)N[C@H]1[C@H]([C@H](O)[C@H](O)CO)O[C@@](O[C@H]2[C@@H](O)[C@@H](CO)O[C@@H](O[C@@H]3CCO[C@H](CO[C@H](C)C(=O)[O-])[C@@H]3O)[C@@H]2O)(C(=O)[O-])C[C@@H]1O.[Na+].[Na+]. The topological polar surface area (TPSA) is 327 Å². The molecule has 3 rings (SSSR count). The number of amides is 1. The summed E-state index contributed by atoms with van der Waals surface area (Å²) in [4.78, 5) is 35.2. The Hall–Kier alpha value is -0.150. The molecule has 1 amide bonds. The standard InChI is InChI=1S/C26H43NO19.2Na/c1-9(23(37)38)42-8-15-18(34)13(3-4-41-15)43-24-20(36)22(19(35)14(7-29)44-24)46-26(25(39)40)5-11(31)16(27-10(2)30)21(45-26)17(33)12(32)6-28;;/h9,11-22,24,28-29,31-36H,3-8H2,1-2H3,(H,27,30)(H,37,38)(H,39,40);;/q;2*+1/p-2/t9-,11+,12-,13-,14-,15-,16-,17-,18-,19+,20-,21-,22+,24-,26+;;/m1../s1. The molecule has 3 aliphatic rings. The van der Waals surface area contributed by atoms with Crippen LogP contribution in [-0.2, 0) is 42.8 Å². The first-order valence-corrected chi connectivity index (χ1v) is 14.5. The molecule has 3 saturated heterocycles. The number of carbonyl (C=O) groups excluding carboxylic acids is 3. The molecule has 20 nitrogen and oxygen atoms in total. The van der Waals surface area contributed by atoms with Crippen molar-refractivity contribution in [3.05, 3.63) is 0 Å². The maximum absolute atomic E-state index is 12.5. The van der Waals surface area contributed by atoms with Gasteiger partial charge in [0.25, 0.3) is 0 Å². The van der Waals surface area contributed by atoms with Gasteiger partial charge in [-0.05, 0) is 13.3 Å². The van der Waals surface area contributed by atoms with E-state index in [1.54, 1.807) is 0 Å². The van der Waals surface area contributed by atoms with Gasteiger partial charge in [0.05, 0.1) is 50.1 Å². The van der Waals surface area contributed by atoms with Crippen molar-refractivity contribution in [3.8, 4) is 0 Å². The number of carboxylic acid groups (broad SMARTS) is 2. The molecule has 22 heteroatoms. The molecule has 0 aromatic carbocycles. The van der Waals surface area contributed by atoms with E-state index >= 15 is 0 Å². The number of carbonyl (C=O) groups is 3. The Kier molecular flexibility index (Phi) is 19.3. The van der Waals surface area contributed by atoms with Crippen molar-refractivity contribution >= 4 is 17.8 Å². The fraction of sp³-hybridized carbons (Fsp3) is 0.885. The molecule has 0 unspecified atom stereocenters. The number of aliphatic hydroxyl groups excluding tert-OH is 8. The van der Waals surface area contributed by atoms with Gasteiger partial charge in [0.2, 0.25) is 11.7 Å². The van der Waals surface area contributed by atoms with Crippen LogP contribution >= 0.6 is 0 Å². The summed E-state index contributed by atoms with van der Waals surface area (Å²) < 4.78 is 32.8. The van der Waals surface area contributed by atoms with Gasteiger partial charge in [-0.3, -0.25) is 4.79 Å². The van der Waals surface area contributed by atoms with Crippen molar-refractivity contribution in [2.75, 3.05) is 26.4 Å². The first-order valence-electron chi connectivity index (χ1n) is 14.5. The van der Waals surface area contributed by atoms with Crippen LogP contribution in [0.15, 0.2) is 0 Å². The third-order valence-corrected chi connectivity index (χ3v) is 7.97. The third kappa shape index (κ3) is 10.9. The molecule has 15 atom stereocenters. The van der Waals surface area contributed by atoms with Gasteiger partial charge in [0.15, 0.2) is 6.29 Å². The molecular weight excluding hydrogens is 676 g/mol. The first-order chi connectivity index (χ1) is 21.6. The van der Waals surface area contributed by atoms with Gasteiger partial charge in [-0.25, -0.2) is 0 Å². The second-order valence-electron chi connectivity index (χ2n) is 11.3. The molecule has 266 valence electrons. The number of ether oxygens (including phenoxy) is 6. The summed E-state index contributed by atoms with van der Waals surface area (Å²) in [5.74, 6) is -7.51. The van der Waals surface area contributed by atoms with E-state index in [1.165, 1.54) is 6.92 Å². The summed E-state index contributed by atoms with van der Waals surface area (Å²) in [5.41, 5.74) is 0. The molecular formula is C26H41NNa2O19. The zero-order valence-corrected chi connectivity index (χ0v) is 30.9. The second kappa shape index (κ2) is 20.2. The molecule has 0 aromatic rings. The van der Waals surface area contributed by atoms with Crippen LogP contribution in [0.4, 0.5) is 0 Å². The van der Waals surface area contributed by atoms with Crippen molar-refractivity contribution in [2.45, 2.75) is 118 Å². The van der Waals surface area contributed by atoms with E-state index in [0.717, 1.165) is 6.92 Å². The molecule has 0 bridgehead atoms. The van der Waals surface area contributed by atoms with Crippen LogP contribution in [0.5, 0.6) is 0 Å². The molecule has 3 fully saturated rings. The molecule has 48 heavy (non-hydrogen) atoms. The molecule has 0 aliphatic carbocycles. The van der Waals surface area contributed by atoms with Crippen LogP contribution in [0.3, 0.4) is 0 Å². The van der Waals surface area contributed by atoms with E-state index in [9.17, 15) is 65.4 Å². The average Bonchev–Trinajstić information content (AvgIpc) is 3.00. The average molecular weight is 718 g/mol. The van der Waals surface area contributed by atoms with Crippen LogP contribution in [0.1, 0.15) is 26.7 Å². The zero-order chi connectivity index (χ0) is 34.5. The number of hydrogen-bond acceptors (Lipinski definition) is 19. The quantitative estimate of drug-likeness (QED) is 0.0753. The fourth-order valence-corrected chi connectivity index (χ4v) is 5.38. The molecule has 3 heterocycles. The maximum atomic E-state index is 12.5. The molecule has 0 aromatic heterocycles. The molecule has 9 N–H and O–H groups in total. The molecule has 0 saturated carbocycles. The van der Waals surface area contributed by atoms with Gasteiger partial charge in [0, 0.05) is 20.0 Å². The predicted octanol–water partition coefficient (Wildman–Crippen LogP) is -14.7.